The maximum Gasteiger partial charge on any atom is 0.454 e. The number of rotatable bonds is 2. The van der Waals surface area contributed by atoms with E-state index in [0.29, 0.717) is 11.8 Å². The van der Waals surface area contributed by atoms with Gasteiger partial charge in [-0.25, -0.2) is 0 Å². The fraction of sp³-hybridized carbons (Fsp3) is 0.143. The van der Waals surface area contributed by atoms with Crippen LogP contribution in [0.1, 0.15) is 5.69 Å². The maximum atomic E-state index is 12.3. The third-order valence-corrected chi connectivity index (χ3v) is 2.62. The van der Waals surface area contributed by atoms with Crippen LogP contribution in [0.25, 0.3) is 0 Å². The molecule has 0 fully saturated rings. The van der Waals surface area contributed by atoms with Gasteiger partial charge in [-0.2, -0.15) is 13.2 Å². The molecule has 20 heavy (non-hydrogen) atoms. The summed E-state index contributed by atoms with van der Waals surface area (Å²) in [4.78, 5) is 16.6. The van der Waals surface area contributed by atoms with Crippen LogP contribution < -0.4 is 4.90 Å². The topological polar surface area (TPSA) is 33.2 Å². The van der Waals surface area contributed by atoms with Crippen molar-refractivity contribution in [1.29, 1.82) is 0 Å². The number of carbonyl (C=O) groups is 1. The zero-order valence-electron chi connectivity index (χ0n) is 10.6. The van der Waals surface area contributed by atoms with Crippen molar-refractivity contribution in [3.05, 3.63) is 60.2 Å². The highest BCUT2D eigenvalue weighted by Gasteiger charge is 2.37. The molecule has 2 heterocycles. The lowest BCUT2D eigenvalue weighted by molar-refractivity contribution is -0.165. The van der Waals surface area contributed by atoms with Gasteiger partial charge in [0, 0.05) is 23.7 Å². The Morgan fingerprint density at radius 2 is 2.05 bits per heavy atom. The van der Waals surface area contributed by atoms with Crippen molar-refractivity contribution in [2.45, 2.75) is 13.1 Å². The summed E-state index contributed by atoms with van der Waals surface area (Å²) in [7, 11) is 0. The van der Waals surface area contributed by atoms with Crippen molar-refractivity contribution in [3.63, 3.8) is 0 Å². The van der Waals surface area contributed by atoms with Gasteiger partial charge in [0.15, 0.2) is 0 Å². The quantitative estimate of drug-likeness (QED) is 0.779. The third kappa shape index (κ3) is 3.14. The van der Waals surface area contributed by atoms with Gasteiger partial charge in [-0.1, -0.05) is 6.08 Å². The lowest BCUT2D eigenvalue weighted by atomic mass is 10.2. The molecule has 0 atom stereocenters. The summed E-state index contributed by atoms with van der Waals surface area (Å²) >= 11 is 0. The minimum absolute atomic E-state index is 0.139. The number of anilines is 1. The first-order valence-electron chi connectivity index (χ1n) is 5.77. The van der Waals surface area contributed by atoms with E-state index < -0.39 is 12.0 Å². The number of carbonyl (C=O) groups excluding carboxylic acids is 1. The molecular weight excluding hydrogens is 269 g/mol. The number of ketones is 1. The summed E-state index contributed by atoms with van der Waals surface area (Å²) in [5, 5.41) is 0. The zero-order valence-corrected chi connectivity index (χ0v) is 10.6. The van der Waals surface area contributed by atoms with E-state index in [4.69, 9.17) is 0 Å². The molecule has 0 aromatic carbocycles. The molecule has 0 aliphatic carbocycles. The summed E-state index contributed by atoms with van der Waals surface area (Å²) in [5.74, 6) is -1.89. The van der Waals surface area contributed by atoms with E-state index in [9.17, 15) is 18.0 Å². The van der Waals surface area contributed by atoms with Gasteiger partial charge in [0.25, 0.3) is 5.78 Å². The van der Waals surface area contributed by atoms with E-state index >= 15 is 0 Å². The Morgan fingerprint density at radius 1 is 1.30 bits per heavy atom. The summed E-state index contributed by atoms with van der Waals surface area (Å²) in [5.41, 5.74) is 1.51. The minimum atomic E-state index is -4.88. The second-order valence-electron chi connectivity index (χ2n) is 4.16. The Balaban J connectivity index is 2.34. The van der Waals surface area contributed by atoms with E-state index in [2.05, 4.69) is 4.98 Å². The molecule has 0 unspecified atom stereocenters. The molecule has 3 nitrogen and oxygen atoms in total. The summed E-state index contributed by atoms with van der Waals surface area (Å²) < 4.78 is 37.0. The van der Waals surface area contributed by atoms with E-state index in [1.54, 1.807) is 37.4 Å². The molecule has 1 aliphatic rings. The van der Waals surface area contributed by atoms with Crippen LogP contribution in [0.15, 0.2) is 54.5 Å². The van der Waals surface area contributed by atoms with E-state index in [0.717, 1.165) is 5.69 Å². The molecule has 6 heteroatoms. The van der Waals surface area contributed by atoms with E-state index in [1.165, 1.54) is 17.2 Å². The second kappa shape index (κ2) is 5.32. The number of aryl methyl sites for hydroxylation is 1. The molecule has 2 rings (SSSR count). The molecule has 0 saturated carbocycles. The number of alkyl halides is 3. The van der Waals surface area contributed by atoms with Crippen molar-refractivity contribution in [1.82, 2.24) is 4.98 Å². The van der Waals surface area contributed by atoms with Crippen molar-refractivity contribution in [2.24, 2.45) is 0 Å². The normalized spacial score (nSPS) is 16.8. The highest BCUT2D eigenvalue weighted by molar-refractivity contribution is 5.96. The molecule has 0 radical (unpaired) electrons. The van der Waals surface area contributed by atoms with Gasteiger partial charge in [-0.05, 0) is 31.2 Å². The predicted molar refractivity (Wildman–Crippen MR) is 68.9 cm³/mol. The Kier molecular flexibility index (Phi) is 3.74. The molecule has 104 valence electrons. The van der Waals surface area contributed by atoms with Gasteiger partial charge < -0.3 is 4.90 Å². The van der Waals surface area contributed by atoms with Gasteiger partial charge in [-0.3, -0.25) is 9.78 Å². The van der Waals surface area contributed by atoms with Crippen LogP contribution in [0.5, 0.6) is 0 Å². The number of nitrogens with zero attached hydrogens (tertiary/aromatic N) is 2. The zero-order chi connectivity index (χ0) is 14.8. The van der Waals surface area contributed by atoms with Crippen molar-refractivity contribution in [2.75, 3.05) is 4.90 Å². The van der Waals surface area contributed by atoms with Crippen LogP contribution in [0, 0.1) is 6.92 Å². The monoisotopic (exact) mass is 280 g/mol. The maximum absolute atomic E-state index is 12.3. The average molecular weight is 280 g/mol. The van der Waals surface area contributed by atoms with Crippen LogP contribution >= 0.6 is 0 Å². The number of aromatic nitrogens is 1. The molecule has 1 aromatic heterocycles. The summed E-state index contributed by atoms with van der Waals surface area (Å²) in [6.45, 7) is 1.81. The number of allylic oxidation sites excluding steroid dienone is 4. The highest BCUT2D eigenvalue weighted by atomic mass is 19.4. The molecule has 1 aromatic rings. The van der Waals surface area contributed by atoms with Gasteiger partial charge in [0.1, 0.15) is 0 Å². The smallest absolute Gasteiger partial charge is 0.316 e. The Hall–Kier alpha value is -2.37. The van der Waals surface area contributed by atoms with Crippen LogP contribution in [-0.2, 0) is 4.79 Å². The first kappa shape index (κ1) is 14.0. The summed E-state index contributed by atoms with van der Waals surface area (Å²) in [6, 6.07) is 3.46. The third-order valence-electron chi connectivity index (χ3n) is 2.62. The second-order valence-corrected chi connectivity index (χ2v) is 4.16. The van der Waals surface area contributed by atoms with E-state index in [1.807, 2.05) is 0 Å². The standard InChI is InChI=1S/C14H11F3N2O/c1-10-5-6-12(9-18-10)19-7-3-2-4-11(19)8-13(20)14(15,16)17/h2-9H,1H3/b11-8+. The fourth-order valence-electron chi connectivity index (χ4n) is 1.63. The van der Waals surface area contributed by atoms with Gasteiger partial charge in [-0.15, -0.1) is 0 Å². The first-order valence-corrected chi connectivity index (χ1v) is 5.77. The number of hydrogen-bond donors (Lipinski definition) is 0. The van der Waals surface area contributed by atoms with Crippen LogP contribution in [0.2, 0.25) is 0 Å². The van der Waals surface area contributed by atoms with Crippen molar-refractivity contribution in [3.8, 4) is 0 Å². The Morgan fingerprint density at radius 3 is 2.65 bits per heavy atom. The van der Waals surface area contributed by atoms with Crippen LogP contribution in [0.4, 0.5) is 18.9 Å². The molecule has 0 bridgehead atoms. The van der Waals surface area contributed by atoms with Gasteiger partial charge >= 0.3 is 6.18 Å². The summed E-state index contributed by atoms with van der Waals surface area (Å²) in [6.07, 6.45) is 3.46. The molecule has 0 amide bonds. The highest BCUT2D eigenvalue weighted by Crippen LogP contribution is 2.24. The van der Waals surface area contributed by atoms with E-state index in [-0.39, 0.29) is 5.70 Å². The number of pyridine rings is 1. The molecule has 1 aliphatic heterocycles. The van der Waals surface area contributed by atoms with Crippen molar-refractivity contribution < 1.29 is 18.0 Å². The Bertz CT molecular complexity index is 598. The lowest BCUT2D eigenvalue weighted by Crippen LogP contribution is -2.24. The SMILES string of the molecule is Cc1ccc(N2C=CC=C/C2=C\C(=O)C(F)(F)F)cn1. The van der Waals surface area contributed by atoms with Crippen LogP contribution in [-0.4, -0.2) is 16.9 Å². The van der Waals surface area contributed by atoms with Gasteiger partial charge in [0.05, 0.1) is 11.9 Å². The van der Waals surface area contributed by atoms with Crippen molar-refractivity contribution >= 4 is 11.5 Å². The molecule has 0 N–H and O–H groups in total. The minimum Gasteiger partial charge on any atom is -0.316 e. The Labute approximate surface area is 113 Å². The van der Waals surface area contributed by atoms with Gasteiger partial charge in [0.2, 0.25) is 0 Å². The average Bonchev–Trinajstić information content (AvgIpc) is 2.39. The lowest BCUT2D eigenvalue weighted by Gasteiger charge is -2.23. The number of halogens is 3. The fourth-order valence-corrected chi connectivity index (χ4v) is 1.63. The van der Waals surface area contributed by atoms with Crippen LogP contribution in [0.3, 0.4) is 0 Å². The first-order chi connectivity index (χ1) is 9.38. The predicted octanol–water partition coefficient (Wildman–Crippen LogP) is 3.30. The molecular formula is C14H11F3N2O. The largest absolute Gasteiger partial charge is 0.454 e. The molecule has 0 saturated heterocycles. The number of hydrogen-bond acceptors (Lipinski definition) is 3. The molecule has 0 spiro atoms.